The summed E-state index contributed by atoms with van der Waals surface area (Å²) in [6.07, 6.45) is -17.2. The van der Waals surface area contributed by atoms with E-state index in [1.807, 2.05) is 0 Å². The van der Waals surface area contributed by atoms with Crippen molar-refractivity contribution >= 4 is 23.6 Å². The van der Waals surface area contributed by atoms with E-state index in [0.717, 1.165) is 4.90 Å². The molecule has 0 aromatic heterocycles. The van der Waals surface area contributed by atoms with Crippen LogP contribution in [0.15, 0.2) is 24.3 Å². The minimum atomic E-state index is -5.77. The summed E-state index contributed by atoms with van der Waals surface area (Å²) in [6, 6.07) is 5.86. The lowest BCUT2D eigenvalue weighted by molar-refractivity contribution is -0.308. The zero-order chi connectivity index (χ0) is 22.5. The van der Waals surface area contributed by atoms with Crippen LogP contribution in [0.1, 0.15) is 12.8 Å². The first-order valence-corrected chi connectivity index (χ1v) is 9.01. The van der Waals surface area contributed by atoms with Gasteiger partial charge in [0, 0.05) is 24.2 Å². The maximum atomic E-state index is 12.5. The van der Waals surface area contributed by atoms with Crippen LogP contribution in [-0.4, -0.2) is 61.1 Å². The zero-order valence-electron chi connectivity index (χ0n) is 15.2. The summed E-state index contributed by atoms with van der Waals surface area (Å²) in [5.41, 5.74) is 0. The van der Waals surface area contributed by atoms with Crippen LogP contribution in [0.5, 0.6) is 5.75 Å². The fraction of sp³-hybridized carbons (Fsp3) is 0.529. The van der Waals surface area contributed by atoms with Gasteiger partial charge in [-0.15, -0.1) is 0 Å². The van der Waals surface area contributed by atoms with Gasteiger partial charge in [0.15, 0.2) is 6.61 Å². The Morgan fingerprint density at radius 1 is 1.07 bits per heavy atom. The Morgan fingerprint density at radius 2 is 1.60 bits per heavy atom. The van der Waals surface area contributed by atoms with Gasteiger partial charge in [-0.05, 0) is 37.1 Å². The van der Waals surface area contributed by atoms with Crippen LogP contribution in [0.25, 0.3) is 0 Å². The maximum absolute atomic E-state index is 12.5. The zero-order valence-corrected chi connectivity index (χ0v) is 16.0. The molecule has 1 aliphatic heterocycles. The molecule has 13 heteroatoms. The van der Waals surface area contributed by atoms with Gasteiger partial charge in [0.1, 0.15) is 5.75 Å². The second-order valence-corrected chi connectivity index (χ2v) is 6.85. The number of piperidine rings is 1. The molecule has 1 aromatic carbocycles. The highest BCUT2D eigenvalue weighted by Crippen LogP contribution is 2.36. The number of likely N-dealkylation sites (tertiary alicyclic amines) is 1. The molecule has 0 bridgehead atoms. The molecule has 1 saturated heterocycles. The molecule has 1 fully saturated rings. The molecule has 0 aliphatic carbocycles. The van der Waals surface area contributed by atoms with E-state index in [0.29, 0.717) is 10.8 Å². The van der Waals surface area contributed by atoms with Gasteiger partial charge in [-0.2, -0.15) is 26.3 Å². The average molecular weight is 463 g/mol. The fourth-order valence-corrected chi connectivity index (χ4v) is 2.78. The normalized spacial score (nSPS) is 15.8. The van der Waals surface area contributed by atoms with E-state index < -0.39 is 36.5 Å². The summed E-state index contributed by atoms with van der Waals surface area (Å²) in [6.45, 7) is -0.656. The van der Waals surface area contributed by atoms with Gasteiger partial charge in [0.05, 0.1) is 0 Å². The Bertz CT molecular complexity index is 719. The lowest BCUT2D eigenvalue weighted by Crippen LogP contribution is -2.51. The third kappa shape index (κ3) is 7.15. The smallest absolute Gasteiger partial charge is 0.434 e. The van der Waals surface area contributed by atoms with Crippen LogP contribution in [-0.2, 0) is 9.53 Å². The first-order valence-electron chi connectivity index (χ1n) is 8.63. The monoisotopic (exact) mass is 462 g/mol. The summed E-state index contributed by atoms with van der Waals surface area (Å²) in [5.74, 6) is -0.0591. The number of nitrogens with one attached hydrogen (secondary N) is 1. The SMILES string of the molecule is O=C(COc1ccc(Cl)cc1)NC1CCN(C(=O)OC(C(F)(F)F)C(F)(F)F)CC1. The maximum Gasteiger partial charge on any atom is 0.434 e. The number of rotatable bonds is 5. The fourth-order valence-electron chi connectivity index (χ4n) is 2.65. The lowest BCUT2D eigenvalue weighted by atomic mass is 10.1. The van der Waals surface area contributed by atoms with E-state index in [9.17, 15) is 35.9 Å². The number of amides is 2. The second kappa shape index (κ2) is 9.63. The van der Waals surface area contributed by atoms with E-state index >= 15 is 0 Å². The summed E-state index contributed by atoms with van der Waals surface area (Å²) < 4.78 is 83.8. The molecule has 1 aromatic rings. The van der Waals surface area contributed by atoms with Crippen molar-refractivity contribution in [2.24, 2.45) is 0 Å². The molecule has 2 rings (SSSR count). The standard InChI is InChI=1S/C17H17ClF6N2O4/c18-10-1-3-12(4-2-10)29-9-13(27)25-11-5-7-26(8-6-11)15(28)30-14(16(19,20)21)17(22,23)24/h1-4,11,14H,5-9H2,(H,25,27). The molecule has 0 unspecified atom stereocenters. The van der Waals surface area contributed by atoms with E-state index in [4.69, 9.17) is 16.3 Å². The van der Waals surface area contributed by atoms with Gasteiger partial charge in [-0.1, -0.05) is 11.6 Å². The van der Waals surface area contributed by atoms with Crippen molar-refractivity contribution < 1.29 is 45.4 Å². The largest absolute Gasteiger partial charge is 0.484 e. The van der Waals surface area contributed by atoms with Crippen LogP contribution in [0.4, 0.5) is 31.1 Å². The van der Waals surface area contributed by atoms with Crippen LogP contribution in [0.3, 0.4) is 0 Å². The average Bonchev–Trinajstić information content (AvgIpc) is 2.64. The van der Waals surface area contributed by atoms with Crippen molar-refractivity contribution in [3.05, 3.63) is 29.3 Å². The second-order valence-electron chi connectivity index (χ2n) is 6.42. The molecule has 1 aliphatic rings. The molecule has 2 amide bonds. The highest BCUT2D eigenvalue weighted by Gasteiger charge is 2.60. The van der Waals surface area contributed by atoms with E-state index in [2.05, 4.69) is 10.1 Å². The number of hydrogen-bond acceptors (Lipinski definition) is 4. The van der Waals surface area contributed by atoms with Gasteiger partial charge in [-0.3, -0.25) is 4.79 Å². The molecular weight excluding hydrogens is 446 g/mol. The molecular formula is C17H17ClF6N2O4. The van der Waals surface area contributed by atoms with Crippen LogP contribution >= 0.6 is 11.6 Å². The number of benzene rings is 1. The van der Waals surface area contributed by atoms with Gasteiger partial charge in [0.25, 0.3) is 12.0 Å². The number of carbonyl (C=O) groups excluding carboxylic acids is 2. The number of nitrogens with zero attached hydrogens (tertiary/aromatic N) is 1. The van der Waals surface area contributed by atoms with E-state index in [-0.39, 0.29) is 32.5 Å². The summed E-state index contributed by atoms with van der Waals surface area (Å²) in [5, 5.41) is 3.11. The Kier molecular flexibility index (Phi) is 7.67. The van der Waals surface area contributed by atoms with Crippen LogP contribution in [0.2, 0.25) is 5.02 Å². The molecule has 168 valence electrons. The van der Waals surface area contributed by atoms with E-state index in [1.165, 1.54) is 0 Å². The molecule has 6 nitrogen and oxygen atoms in total. The summed E-state index contributed by atoms with van der Waals surface area (Å²) in [7, 11) is 0. The third-order valence-electron chi connectivity index (χ3n) is 4.12. The molecule has 0 spiro atoms. The van der Waals surface area contributed by atoms with Crippen molar-refractivity contribution in [2.45, 2.75) is 37.3 Å². The third-order valence-corrected chi connectivity index (χ3v) is 4.37. The minimum Gasteiger partial charge on any atom is -0.484 e. The quantitative estimate of drug-likeness (QED) is 0.673. The molecule has 0 saturated carbocycles. The first kappa shape index (κ1) is 23.9. The Labute approximate surface area is 172 Å². The van der Waals surface area contributed by atoms with Crippen molar-refractivity contribution in [2.75, 3.05) is 19.7 Å². The van der Waals surface area contributed by atoms with Crippen molar-refractivity contribution in [1.82, 2.24) is 10.2 Å². The number of ether oxygens (including phenoxy) is 2. The van der Waals surface area contributed by atoms with Crippen molar-refractivity contribution in [3.63, 3.8) is 0 Å². The molecule has 1 heterocycles. The molecule has 30 heavy (non-hydrogen) atoms. The van der Waals surface area contributed by atoms with Crippen molar-refractivity contribution in [1.29, 1.82) is 0 Å². The van der Waals surface area contributed by atoms with Crippen molar-refractivity contribution in [3.8, 4) is 5.75 Å². The van der Waals surface area contributed by atoms with Gasteiger partial charge in [0.2, 0.25) is 0 Å². The Morgan fingerprint density at radius 3 is 2.10 bits per heavy atom. The summed E-state index contributed by atoms with van der Waals surface area (Å²) >= 11 is 5.73. The van der Waals surface area contributed by atoms with Crippen LogP contribution < -0.4 is 10.1 Å². The van der Waals surface area contributed by atoms with Gasteiger partial charge >= 0.3 is 18.4 Å². The first-order chi connectivity index (χ1) is 13.9. The van der Waals surface area contributed by atoms with Gasteiger partial charge in [-0.25, -0.2) is 4.79 Å². The predicted molar refractivity (Wildman–Crippen MR) is 92.1 cm³/mol. The minimum absolute atomic E-state index is 0.129. The summed E-state index contributed by atoms with van der Waals surface area (Å²) in [4.78, 5) is 24.4. The number of alkyl halides is 6. The molecule has 1 N–H and O–H groups in total. The number of carbonyl (C=O) groups is 2. The Balaban J connectivity index is 1.77. The number of hydrogen-bond donors (Lipinski definition) is 1. The van der Waals surface area contributed by atoms with Crippen LogP contribution in [0, 0.1) is 0 Å². The molecule has 0 atom stereocenters. The number of halogens is 7. The van der Waals surface area contributed by atoms with E-state index in [1.54, 1.807) is 24.3 Å². The highest BCUT2D eigenvalue weighted by atomic mass is 35.5. The van der Waals surface area contributed by atoms with Gasteiger partial charge < -0.3 is 19.7 Å². The Hall–Kier alpha value is -2.37. The predicted octanol–water partition coefficient (Wildman–Crippen LogP) is 3.93. The lowest BCUT2D eigenvalue weighted by Gasteiger charge is -2.33. The molecule has 0 radical (unpaired) electrons. The topological polar surface area (TPSA) is 67.9 Å². The highest BCUT2D eigenvalue weighted by molar-refractivity contribution is 6.30.